The highest BCUT2D eigenvalue weighted by Crippen LogP contribution is 2.34. The maximum atomic E-state index is 12.9. The number of benzene rings is 1. The maximum absolute atomic E-state index is 12.9. The van der Waals surface area contributed by atoms with Gasteiger partial charge in [-0.05, 0) is 19.1 Å². The number of alkyl halides is 3. The largest absolute Gasteiger partial charge is 0.418 e. The van der Waals surface area contributed by atoms with Crippen LogP contribution in [0.15, 0.2) is 38.9 Å². The zero-order valence-electron chi connectivity index (χ0n) is 12.1. The lowest BCUT2D eigenvalue weighted by atomic mass is 10.1. The molecule has 1 aromatic carbocycles. The van der Waals surface area contributed by atoms with E-state index in [1.165, 1.54) is 19.1 Å². The second-order valence-electron chi connectivity index (χ2n) is 4.60. The summed E-state index contributed by atoms with van der Waals surface area (Å²) in [6.07, 6.45) is -4.61. The third kappa shape index (κ3) is 4.25. The Morgan fingerprint density at radius 1 is 1.29 bits per heavy atom. The van der Waals surface area contributed by atoms with Crippen molar-refractivity contribution in [3.8, 4) is 0 Å². The molecule has 2 rings (SSSR count). The third-order valence-electron chi connectivity index (χ3n) is 2.83. The highest BCUT2D eigenvalue weighted by Gasteiger charge is 2.34. The van der Waals surface area contributed by atoms with Gasteiger partial charge in [-0.15, -0.1) is 0 Å². The quantitative estimate of drug-likeness (QED) is 0.718. The van der Waals surface area contributed by atoms with Crippen LogP contribution in [-0.4, -0.2) is 26.3 Å². The molecular formula is C13H11F3N4O3S. The van der Waals surface area contributed by atoms with Crippen LogP contribution in [0.25, 0.3) is 0 Å². The van der Waals surface area contributed by atoms with Gasteiger partial charge in [0.1, 0.15) is 0 Å². The van der Waals surface area contributed by atoms with Gasteiger partial charge in [0.2, 0.25) is 5.91 Å². The van der Waals surface area contributed by atoms with E-state index in [-0.39, 0.29) is 10.7 Å². The molecule has 1 amide bonds. The number of halogens is 3. The summed E-state index contributed by atoms with van der Waals surface area (Å²) in [6.45, 7) is 1.39. The number of anilines is 1. The number of aromatic amines is 2. The first kappa shape index (κ1) is 17.8. The van der Waals surface area contributed by atoms with E-state index in [4.69, 9.17) is 0 Å². The number of hydrogen-bond donors (Lipinski definition) is 3. The molecule has 0 radical (unpaired) electrons. The monoisotopic (exact) mass is 360 g/mol. The maximum Gasteiger partial charge on any atom is 0.418 e. The predicted octanol–water partition coefficient (Wildman–Crippen LogP) is 1.60. The van der Waals surface area contributed by atoms with Gasteiger partial charge in [0.15, 0.2) is 5.03 Å². The van der Waals surface area contributed by atoms with Crippen LogP contribution in [0, 0.1) is 0 Å². The molecule has 1 heterocycles. The van der Waals surface area contributed by atoms with Crippen LogP contribution in [0.5, 0.6) is 0 Å². The minimum Gasteiger partial charge on any atom is -0.325 e. The highest BCUT2D eigenvalue weighted by atomic mass is 32.2. The molecule has 0 unspecified atom stereocenters. The SMILES string of the molecule is C[C@H](Sc1n[nH]c(=O)[nH]c1=O)C(=O)Nc1ccccc1C(F)(F)F. The average molecular weight is 360 g/mol. The minimum atomic E-state index is -4.61. The van der Waals surface area contributed by atoms with Gasteiger partial charge in [0, 0.05) is 0 Å². The average Bonchev–Trinajstić information content (AvgIpc) is 2.49. The summed E-state index contributed by atoms with van der Waals surface area (Å²) in [7, 11) is 0. The molecule has 11 heteroatoms. The van der Waals surface area contributed by atoms with Crippen LogP contribution >= 0.6 is 11.8 Å². The van der Waals surface area contributed by atoms with Crippen LogP contribution in [0.2, 0.25) is 0 Å². The number of carbonyl (C=O) groups is 1. The number of aromatic nitrogens is 3. The van der Waals surface area contributed by atoms with Crippen LogP contribution in [-0.2, 0) is 11.0 Å². The topological polar surface area (TPSA) is 108 Å². The van der Waals surface area contributed by atoms with Gasteiger partial charge >= 0.3 is 11.9 Å². The Kier molecular flexibility index (Phi) is 5.12. The lowest BCUT2D eigenvalue weighted by molar-refractivity contribution is -0.137. The van der Waals surface area contributed by atoms with Gasteiger partial charge in [0.05, 0.1) is 16.5 Å². The Labute approximate surface area is 136 Å². The van der Waals surface area contributed by atoms with Crippen molar-refractivity contribution >= 4 is 23.4 Å². The molecule has 24 heavy (non-hydrogen) atoms. The molecule has 0 aliphatic carbocycles. The van der Waals surface area contributed by atoms with E-state index >= 15 is 0 Å². The molecule has 0 bridgehead atoms. The lowest BCUT2D eigenvalue weighted by Gasteiger charge is -2.15. The molecule has 7 nitrogen and oxygen atoms in total. The van der Waals surface area contributed by atoms with E-state index < -0.39 is 34.1 Å². The van der Waals surface area contributed by atoms with Crippen molar-refractivity contribution in [1.82, 2.24) is 15.2 Å². The molecule has 0 spiro atoms. The molecule has 1 atom stereocenters. The number of nitrogens with zero attached hydrogens (tertiary/aromatic N) is 1. The van der Waals surface area contributed by atoms with Gasteiger partial charge < -0.3 is 5.32 Å². The van der Waals surface area contributed by atoms with Crippen molar-refractivity contribution in [2.75, 3.05) is 5.32 Å². The van der Waals surface area contributed by atoms with Gasteiger partial charge in [-0.25, -0.2) is 9.89 Å². The Bertz CT molecular complexity index is 862. The highest BCUT2D eigenvalue weighted by molar-refractivity contribution is 8.00. The van der Waals surface area contributed by atoms with E-state index in [9.17, 15) is 27.6 Å². The normalized spacial score (nSPS) is 12.7. The van der Waals surface area contributed by atoms with Crippen molar-refractivity contribution in [2.24, 2.45) is 0 Å². The van der Waals surface area contributed by atoms with Crippen molar-refractivity contribution in [3.05, 3.63) is 50.7 Å². The Balaban J connectivity index is 2.15. The number of nitrogens with one attached hydrogen (secondary N) is 3. The summed E-state index contributed by atoms with van der Waals surface area (Å²) in [5, 5.41) is 6.56. The first-order valence-electron chi connectivity index (χ1n) is 6.51. The van der Waals surface area contributed by atoms with E-state index in [1.54, 1.807) is 0 Å². The number of carbonyl (C=O) groups excluding carboxylic acids is 1. The van der Waals surface area contributed by atoms with Gasteiger partial charge in [-0.3, -0.25) is 14.6 Å². The second kappa shape index (κ2) is 6.91. The molecule has 0 aliphatic heterocycles. The predicted molar refractivity (Wildman–Crippen MR) is 80.9 cm³/mol. The fraction of sp³-hybridized carbons (Fsp3) is 0.231. The Hall–Kier alpha value is -2.56. The molecule has 0 aliphatic rings. The minimum absolute atomic E-state index is 0.179. The van der Waals surface area contributed by atoms with E-state index in [1.807, 2.05) is 10.1 Å². The molecule has 0 saturated carbocycles. The van der Waals surface area contributed by atoms with Crippen LogP contribution in [0.4, 0.5) is 18.9 Å². The number of thioether (sulfide) groups is 1. The number of amides is 1. The summed E-state index contributed by atoms with van der Waals surface area (Å²) in [5.74, 6) is -0.746. The van der Waals surface area contributed by atoms with Crippen LogP contribution < -0.4 is 16.6 Å². The zero-order chi connectivity index (χ0) is 17.9. The number of H-pyrrole nitrogens is 2. The first-order valence-corrected chi connectivity index (χ1v) is 7.39. The van der Waals surface area contributed by atoms with Gasteiger partial charge in [0.25, 0.3) is 5.56 Å². The van der Waals surface area contributed by atoms with Gasteiger partial charge in [-0.2, -0.15) is 18.3 Å². The van der Waals surface area contributed by atoms with Crippen molar-refractivity contribution in [3.63, 3.8) is 0 Å². The van der Waals surface area contributed by atoms with E-state index in [0.29, 0.717) is 11.8 Å². The van der Waals surface area contributed by atoms with E-state index in [0.717, 1.165) is 12.1 Å². The first-order chi connectivity index (χ1) is 11.2. The molecule has 2 aromatic rings. The third-order valence-corrected chi connectivity index (χ3v) is 3.90. The molecule has 0 fully saturated rings. The number of para-hydroxylation sites is 1. The smallest absolute Gasteiger partial charge is 0.325 e. The van der Waals surface area contributed by atoms with E-state index in [2.05, 4.69) is 10.4 Å². The zero-order valence-corrected chi connectivity index (χ0v) is 12.9. The molecular weight excluding hydrogens is 349 g/mol. The fourth-order valence-corrected chi connectivity index (χ4v) is 2.47. The van der Waals surface area contributed by atoms with Crippen LogP contribution in [0.1, 0.15) is 12.5 Å². The summed E-state index contributed by atoms with van der Waals surface area (Å²) >= 11 is 0.701. The molecule has 1 aromatic heterocycles. The fourth-order valence-electron chi connectivity index (χ4n) is 1.71. The lowest BCUT2D eigenvalue weighted by Crippen LogP contribution is -2.28. The van der Waals surface area contributed by atoms with Crippen molar-refractivity contribution in [2.45, 2.75) is 23.4 Å². The second-order valence-corrected chi connectivity index (χ2v) is 5.93. The summed E-state index contributed by atoms with van der Waals surface area (Å²) in [5.41, 5.74) is -2.96. The summed E-state index contributed by atoms with van der Waals surface area (Å²) < 4.78 is 38.7. The van der Waals surface area contributed by atoms with Gasteiger partial charge in [-0.1, -0.05) is 23.9 Å². The standard InChI is InChI=1S/C13H11F3N4O3S/c1-6(24-11-10(22)18-12(23)20-19-11)9(21)17-8-5-3-2-4-7(8)13(14,15)16/h2-6H,1H3,(H,17,21)(H2,18,20,22,23)/t6-/m0/s1. The number of rotatable bonds is 4. The Morgan fingerprint density at radius 3 is 2.58 bits per heavy atom. The number of hydrogen-bond acceptors (Lipinski definition) is 5. The Morgan fingerprint density at radius 2 is 1.96 bits per heavy atom. The van der Waals surface area contributed by atoms with Crippen molar-refractivity contribution in [1.29, 1.82) is 0 Å². The summed E-state index contributed by atoms with van der Waals surface area (Å²) in [4.78, 5) is 36.4. The molecule has 0 saturated heterocycles. The van der Waals surface area contributed by atoms with Crippen LogP contribution in [0.3, 0.4) is 0 Å². The van der Waals surface area contributed by atoms with Crippen molar-refractivity contribution < 1.29 is 18.0 Å². The molecule has 3 N–H and O–H groups in total. The summed E-state index contributed by atoms with van der Waals surface area (Å²) in [6, 6.07) is 4.54. The molecule has 128 valence electrons.